The molecule has 0 spiro atoms. The maximum Gasteiger partial charge on any atom is 0.197 e. The van der Waals surface area contributed by atoms with Gasteiger partial charge in [-0.05, 0) is 56.7 Å². The highest BCUT2D eigenvalue weighted by atomic mass is 32.1. The van der Waals surface area contributed by atoms with Crippen LogP contribution in [0.3, 0.4) is 0 Å². The van der Waals surface area contributed by atoms with Crippen molar-refractivity contribution in [2.24, 2.45) is 0 Å². The number of nitrogens with one attached hydrogen (secondary N) is 2. The number of likely N-dealkylation sites (tertiary alicyclic amines) is 1. The molecule has 4 rings (SSSR count). The molecule has 1 aromatic carbocycles. The molecule has 3 heterocycles. The van der Waals surface area contributed by atoms with E-state index in [0.29, 0.717) is 10.8 Å². The van der Waals surface area contributed by atoms with Crippen LogP contribution < -0.4 is 5.43 Å². The van der Waals surface area contributed by atoms with Crippen molar-refractivity contribution in [3.63, 3.8) is 0 Å². The Hall–Kier alpha value is -1.99. The first-order valence-electron chi connectivity index (χ1n) is 9.08. The number of fused-ring (bicyclic) bond motifs is 2. The van der Waals surface area contributed by atoms with E-state index in [1.807, 2.05) is 10.9 Å². The van der Waals surface area contributed by atoms with Gasteiger partial charge in [-0.1, -0.05) is 13.3 Å². The van der Waals surface area contributed by atoms with Gasteiger partial charge in [0, 0.05) is 24.2 Å². The molecule has 1 aliphatic heterocycles. The molecule has 0 amide bonds. The normalized spacial score (nSPS) is 17.2. The number of hydrogen-bond acceptors (Lipinski definition) is 5. The van der Waals surface area contributed by atoms with Crippen molar-refractivity contribution < 1.29 is 0 Å². The highest BCUT2D eigenvalue weighted by Gasteiger charge is 2.19. The summed E-state index contributed by atoms with van der Waals surface area (Å²) >= 11 is 5.53. The van der Waals surface area contributed by atoms with E-state index in [0.717, 1.165) is 34.9 Å². The van der Waals surface area contributed by atoms with Gasteiger partial charge < -0.3 is 10.4 Å². The fourth-order valence-corrected chi connectivity index (χ4v) is 4.03. The molecule has 1 saturated heterocycles. The maximum atomic E-state index is 5.53. The van der Waals surface area contributed by atoms with E-state index >= 15 is 0 Å². The molecule has 3 aromatic rings. The second kappa shape index (κ2) is 7.09. The van der Waals surface area contributed by atoms with Gasteiger partial charge in [0.2, 0.25) is 0 Å². The fraction of sp³-hybridized carbons (Fsp3) is 0.500. The molecule has 1 fully saturated rings. The molecule has 0 radical (unpaired) electrons. The maximum absolute atomic E-state index is 5.53. The molecular weight excluding hydrogens is 332 g/mol. The number of aromatic nitrogens is 4. The van der Waals surface area contributed by atoms with Crippen LogP contribution in [0.15, 0.2) is 24.7 Å². The summed E-state index contributed by atoms with van der Waals surface area (Å²) in [5.41, 5.74) is 6.51. The molecule has 0 aliphatic carbocycles. The minimum absolute atomic E-state index is 0.537. The number of benzene rings is 1. The Kier molecular flexibility index (Phi) is 4.67. The Balaban J connectivity index is 1.61. The zero-order valence-electron chi connectivity index (χ0n) is 14.5. The SMILES string of the molecule is CCC(CNn1c(=S)[nH]c2cc3cncnc3cc21)N1CCCCC1. The van der Waals surface area contributed by atoms with Crippen LogP contribution >= 0.6 is 12.2 Å². The number of rotatable bonds is 5. The average Bonchev–Trinajstić information content (AvgIpc) is 2.95. The quantitative estimate of drug-likeness (QED) is 0.686. The molecule has 132 valence electrons. The van der Waals surface area contributed by atoms with Gasteiger partial charge in [0.1, 0.15) is 6.33 Å². The Morgan fingerprint density at radius 2 is 2.12 bits per heavy atom. The van der Waals surface area contributed by atoms with Crippen LogP contribution in [-0.4, -0.2) is 50.2 Å². The fourth-order valence-electron chi connectivity index (χ4n) is 3.75. The predicted molar refractivity (Wildman–Crippen MR) is 104 cm³/mol. The molecular formula is C18H24N6S. The van der Waals surface area contributed by atoms with Crippen LogP contribution in [-0.2, 0) is 0 Å². The van der Waals surface area contributed by atoms with Crippen LogP contribution in [0.4, 0.5) is 0 Å². The van der Waals surface area contributed by atoms with Gasteiger partial charge >= 0.3 is 0 Å². The van der Waals surface area contributed by atoms with Crippen molar-refractivity contribution in [3.8, 4) is 0 Å². The summed E-state index contributed by atoms with van der Waals surface area (Å²) in [7, 11) is 0. The molecule has 2 aromatic heterocycles. The zero-order valence-corrected chi connectivity index (χ0v) is 15.4. The standard InChI is InChI=1S/C18H24N6S/c1-2-14(23-6-4-3-5-7-23)11-21-24-17-9-15-13(10-19-12-20-15)8-16(17)22-18(24)25/h8-10,12,14,21H,2-7,11H2,1H3,(H,22,25). The van der Waals surface area contributed by atoms with Crippen molar-refractivity contribution in [1.29, 1.82) is 0 Å². The van der Waals surface area contributed by atoms with Crippen LogP contribution in [0.25, 0.3) is 21.9 Å². The lowest BCUT2D eigenvalue weighted by molar-refractivity contribution is 0.164. The van der Waals surface area contributed by atoms with Crippen molar-refractivity contribution in [1.82, 2.24) is 24.5 Å². The topological polar surface area (TPSA) is 61.8 Å². The summed E-state index contributed by atoms with van der Waals surface area (Å²) in [5.74, 6) is 0. The predicted octanol–water partition coefficient (Wildman–Crippen LogP) is 3.45. The molecule has 0 bridgehead atoms. The van der Waals surface area contributed by atoms with E-state index in [4.69, 9.17) is 12.2 Å². The Morgan fingerprint density at radius 3 is 2.92 bits per heavy atom. The summed E-state index contributed by atoms with van der Waals surface area (Å²) in [5, 5.41) is 1.01. The van der Waals surface area contributed by atoms with Crippen LogP contribution in [0.1, 0.15) is 32.6 Å². The first-order valence-corrected chi connectivity index (χ1v) is 9.49. The van der Waals surface area contributed by atoms with Crippen LogP contribution in [0, 0.1) is 4.77 Å². The molecule has 2 N–H and O–H groups in total. The lowest BCUT2D eigenvalue weighted by atomic mass is 10.1. The number of hydrogen-bond donors (Lipinski definition) is 2. The molecule has 7 heteroatoms. The van der Waals surface area contributed by atoms with Gasteiger partial charge in [0.25, 0.3) is 0 Å². The van der Waals surface area contributed by atoms with Crippen molar-refractivity contribution in [2.45, 2.75) is 38.6 Å². The van der Waals surface area contributed by atoms with Gasteiger partial charge in [-0.25, -0.2) is 14.6 Å². The second-order valence-corrected chi connectivity index (χ2v) is 7.12. The van der Waals surface area contributed by atoms with Gasteiger partial charge in [0.15, 0.2) is 4.77 Å². The molecule has 0 saturated carbocycles. The first kappa shape index (κ1) is 16.5. The minimum Gasteiger partial charge on any atom is -0.329 e. The zero-order chi connectivity index (χ0) is 17.2. The van der Waals surface area contributed by atoms with Crippen LogP contribution in [0.5, 0.6) is 0 Å². The minimum atomic E-state index is 0.537. The van der Waals surface area contributed by atoms with Gasteiger partial charge in [0.05, 0.1) is 16.6 Å². The highest BCUT2D eigenvalue weighted by Crippen LogP contribution is 2.20. The van der Waals surface area contributed by atoms with Crippen molar-refractivity contribution in [2.75, 3.05) is 25.1 Å². The van der Waals surface area contributed by atoms with Crippen molar-refractivity contribution >= 4 is 34.2 Å². The molecule has 25 heavy (non-hydrogen) atoms. The Bertz CT molecular complexity index is 924. The smallest absolute Gasteiger partial charge is 0.197 e. The van der Waals surface area contributed by atoms with Crippen molar-refractivity contribution in [3.05, 3.63) is 29.4 Å². The summed E-state index contributed by atoms with van der Waals surface area (Å²) in [6.45, 7) is 5.57. The lowest BCUT2D eigenvalue weighted by Crippen LogP contribution is -2.44. The molecule has 1 atom stereocenters. The van der Waals surface area contributed by atoms with E-state index < -0.39 is 0 Å². The second-order valence-electron chi connectivity index (χ2n) is 6.74. The van der Waals surface area contributed by atoms with E-state index in [9.17, 15) is 0 Å². The summed E-state index contributed by atoms with van der Waals surface area (Å²) in [4.78, 5) is 14.3. The number of nitrogens with zero attached hydrogens (tertiary/aromatic N) is 4. The molecule has 6 nitrogen and oxygen atoms in total. The van der Waals surface area contributed by atoms with E-state index in [-0.39, 0.29) is 0 Å². The summed E-state index contributed by atoms with van der Waals surface area (Å²) in [6, 6.07) is 4.66. The summed E-state index contributed by atoms with van der Waals surface area (Å²) in [6.07, 6.45) is 8.54. The van der Waals surface area contributed by atoms with E-state index in [2.05, 4.69) is 44.3 Å². The van der Waals surface area contributed by atoms with Gasteiger partial charge in [-0.3, -0.25) is 4.90 Å². The number of piperidine rings is 1. The van der Waals surface area contributed by atoms with Gasteiger partial charge in [-0.15, -0.1) is 0 Å². The third-order valence-corrected chi connectivity index (χ3v) is 5.46. The number of H-pyrrole nitrogens is 1. The largest absolute Gasteiger partial charge is 0.329 e. The van der Waals surface area contributed by atoms with Gasteiger partial charge in [-0.2, -0.15) is 0 Å². The number of imidazole rings is 1. The summed E-state index contributed by atoms with van der Waals surface area (Å²) < 4.78 is 2.67. The van der Waals surface area contributed by atoms with Crippen LogP contribution in [0.2, 0.25) is 0 Å². The average molecular weight is 356 g/mol. The van der Waals surface area contributed by atoms with E-state index in [1.165, 1.54) is 32.4 Å². The monoisotopic (exact) mass is 356 g/mol. The Morgan fingerprint density at radius 1 is 1.28 bits per heavy atom. The molecule has 1 unspecified atom stereocenters. The lowest BCUT2D eigenvalue weighted by Gasteiger charge is -2.34. The number of aromatic amines is 1. The van der Waals surface area contributed by atoms with E-state index in [1.54, 1.807) is 6.33 Å². The third kappa shape index (κ3) is 3.26. The third-order valence-electron chi connectivity index (χ3n) is 5.17. The first-order chi connectivity index (χ1) is 12.3. The molecule has 1 aliphatic rings. The highest BCUT2D eigenvalue weighted by molar-refractivity contribution is 7.71. The Labute approximate surface area is 152 Å².